The summed E-state index contributed by atoms with van der Waals surface area (Å²) < 4.78 is 7.89. The van der Waals surface area contributed by atoms with Gasteiger partial charge in [-0.05, 0) is 36.2 Å². The number of hydrogen-bond acceptors (Lipinski definition) is 3. The molecule has 1 fully saturated rings. The standard InChI is InChI=1S/C18H20ClN3O/c1-2-22-12-14(9-17(22)10-20)11-21-7-8-23-18(13-21)15-3-5-16(19)6-4-15/h3-6,9,12,18H,2,7-8,11,13H2,1H3/t18-/m1/s1. The van der Waals surface area contributed by atoms with Gasteiger partial charge >= 0.3 is 0 Å². The van der Waals surface area contributed by atoms with E-state index in [2.05, 4.69) is 24.1 Å². The quantitative estimate of drug-likeness (QED) is 0.860. The lowest BCUT2D eigenvalue weighted by Crippen LogP contribution is -2.37. The molecular formula is C18H20ClN3O. The number of halogens is 1. The Labute approximate surface area is 141 Å². The third kappa shape index (κ3) is 3.76. The van der Waals surface area contributed by atoms with E-state index in [4.69, 9.17) is 21.6 Å². The zero-order valence-electron chi connectivity index (χ0n) is 13.2. The number of hydrogen-bond donors (Lipinski definition) is 0. The number of benzene rings is 1. The maximum absolute atomic E-state index is 9.17. The summed E-state index contributed by atoms with van der Waals surface area (Å²) in [7, 11) is 0. The van der Waals surface area contributed by atoms with Crippen molar-refractivity contribution in [2.75, 3.05) is 19.7 Å². The monoisotopic (exact) mass is 329 g/mol. The van der Waals surface area contributed by atoms with E-state index < -0.39 is 0 Å². The summed E-state index contributed by atoms with van der Waals surface area (Å²) in [6, 6.07) is 12.1. The van der Waals surface area contributed by atoms with E-state index in [0.29, 0.717) is 6.61 Å². The van der Waals surface area contributed by atoms with Crippen molar-refractivity contribution in [3.8, 4) is 6.07 Å². The van der Waals surface area contributed by atoms with Gasteiger partial charge in [-0.15, -0.1) is 0 Å². The molecule has 2 heterocycles. The minimum atomic E-state index is 0.0738. The summed E-state index contributed by atoms with van der Waals surface area (Å²) in [5.74, 6) is 0. The summed E-state index contributed by atoms with van der Waals surface area (Å²) in [6.45, 7) is 6.18. The normalized spacial score (nSPS) is 18.7. The molecule has 1 aliphatic heterocycles. The van der Waals surface area contributed by atoms with Gasteiger partial charge in [0.1, 0.15) is 11.8 Å². The van der Waals surface area contributed by atoms with Gasteiger partial charge in [0.15, 0.2) is 0 Å². The van der Waals surface area contributed by atoms with Crippen molar-refractivity contribution < 1.29 is 4.74 Å². The van der Waals surface area contributed by atoms with Crippen molar-refractivity contribution in [3.05, 3.63) is 58.4 Å². The zero-order valence-corrected chi connectivity index (χ0v) is 14.0. The van der Waals surface area contributed by atoms with Crippen molar-refractivity contribution in [1.82, 2.24) is 9.47 Å². The maximum atomic E-state index is 9.17. The van der Waals surface area contributed by atoms with Gasteiger partial charge in [0, 0.05) is 37.4 Å². The van der Waals surface area contributed by atoms with Gasteiger partial charge in [0.25, 0.3) is 0 Å². The van der Waals surface area contributed by atoms with Crippen LogP contribution in [0.15, 0.2) is 36.5 Å². The van der Waals surface area contributed by atoms with Gasteiger partial charge in [0.05, 0.1) is 12.7 Å². The number of ether oxygens (including phenoxy) is 1. The molecular weight excluding hydrogens is 310 g/mol. The van der Waals surface area contributed by atoms with Crippen LogP contribution in [-0.4, -0.2) is 29.2 Å². The average Bonchev–Trinajstić information content (AvgIpc) is 2.97. The van der Waals surface area contributed by atoms with Crippen molar-refractivity contribution in [2.24, 2.45) is 0 Å². The molecule has 4 nitrogen and oxygen atoms in total. The summed E-state index contributed by atoms with van der Waals surface area (Å²) in [5, 5.41) is 9.91. The van der Waals surface area contributed by atoms with Crippen LogP contribution in [0.5, 0.6) is 0 Å². The second-order valence-corrected chi connectivity index (χ2v) is 6.21. The molecule has 23 heavy (non-hydrogen) atoms. The number of nitrogens with zero attached hydrogens (tertiary/aromatic N) is 3. The molecule has 3 rings (SSSR count). The molecule has 1 saturated heterocycles. The Kier molecular flexibility index (Phi) is 5.02. The minimum Gasteiger partial charge on any atom is -0.371 e. The van der Waals surface area contributed by atoms with E-state index in [1.165, 1.54) is 5.56 Å². The topological polar surface area (TPSA) is 41.2 Å². The summed E-state index contributed by atoms with van der Waals surface area (Å²) in [5.41, 5.74) is 3.06. The summed E-state index contributed by atoms with van der Waals surface area (Å²) in [6.07, 6.45) is 2.15. The Morgan fingerprint density at radius 3 is 2.78 bits per heavy atom. The predicted molar refractivity (Wildman–Crippen MR) is 90.2 cm³/mol. The van der Waals surface area contributed by atoms with E-state index in [0.717, 1.165) is 42.5 Å². The number of aromatic nitrogens is 1. The molecule has 1 aromatic heterocycles. The Hall–Kier alpha value is -1.80. The van der Waals surface area contributed by atoms with Crippen LogP contribution in [0.4, 0.5) is 0 Å². The molecule has 0 bridgehead atoms. The van der Waals surface area contributed by atoms with Crippen molar-refractivity contribution >= 4 is 11.6 Å². The van der Waals surface area contributed by atoms with Crippen LogP contribution < -0.4 is 0 Å². The molecule has 0 spiro atoms. The van der Waals surface area contributed by atoms with E-state index in [9.17, 15) is 0 Å². The first-order chi connectivity index (χ1) is 11.2. The van der Waals surface area contributed by atoms with Crippen LogP contribution in [0.25, 0.3) is 0 Å². The first-order valence-electron chi connectivity index (χ1n) is 7.88. The predicted octanol–water partition coefficient (Wildman–Crippen LogP) is 3.61. The number of nitriles is 1. The average molecular weight is 330 g/mol. The highest BCUT2D eigenvalue weighted by atomic mass is 35.5. The summed E-state index contributed by atoms with van der Waals surface area (Å²) >= 11 is 5.95. The molecule has 5 heteroatoms. The first-order valence-corrected chi connectivity index (χ1v) is 8.26. The van der Waals surface area contributed by atoms with Crippen LogP contribution >= 0.6 is 11.6 Å². The molecule has 0 radical (unpaired) electrons. The Bertz CT molecular complexity index is 702. The highest BCUT2D eigenvalue weighted by Crippen LogP contribution is 2.25. The molecule has 1 aliphatic rings. The highest BCUT2D eigenvalue weighted by Gasteiger charge is 2.22. The first kappa shape index (κ1) is 16.1. The SMILES string of the molecule is CCn1cc(CN2CCO[C@@H](c3ccc(Cl)cc3)C2)cc1C#N. The molecule has 1 aromatic carbocycles. The lowest BCUT2D eigenvalue weighted by atomic mass is 10.1. The van der Waals surface area contributed by atoms with Crippen LogP contribution in [0.1, 0.15) is 29.8 Å². The van der Waals surface area contributed by atoms with E-state index in [-0.39, 0.29) is 6.10 Å². The molecule has 2 aromatic rings. The second-order valence-electron chi connectivity index (χ2n) is 5.78. The lowest BCUT2D eigenvalue weighted by molar-refractivity contribution is -0.0329. The number of rotatable bonds is 4. The van der Waals surface area contributed by atoms with Crippen molar-refractivity contribution in [3.63, 3.8) is 0 Å². The fourth-order valence-corrected chi connectivity index (χ4v) is 3.12. The number of morpholine rings is 1. The Morgan fingerprint density at radius 1 is 1.35 bits per heavy atom. The second kappa shape index (κ2) is 7.18. The molecule has 0 N–H and O–H groups in total. The fourth-order valence-electron chi connectivity index (χ4n) is 2.99. The summed E-state index contributed by atoms with van der Waals surface area (Å²) in [4.78, 5) is 2.37. The van der Waals surface area contributed by atoms with E-state index in [1.807, 2.05) is 34.9 Å². The molecule has 0 amide bonds. The number of aryl methyl sites for hydroxylation is 1. The van der Waals surface area contributed by atoms with Crippen LogP contribution in [0, 0.1) is 11.3 Å². The molecule has 120 valence electrons. The smallest absolute Gasteiger partial charge is 0.120 e. The maximum Gasteiger partial charge on any atom is 0.120 e. The van der Waals surface area contributed by atoms with Gasteiger partial charge in [-0.2, -0.15) is 5.26 Å². The molecule has 1 atom stereocenters. The minimum absolute atomic E-state index is 0.0738. The third-order valence-corrected chi connectivity index (χ3v) is 4.46. The Balaban J connectivity index is 1.68. The molecule has 0 saturated carbocycles. The van der Waals surface area contributed by atoms with Gasteiger partial charge in [-0.1, -0.05) is 23.7 Å². The van der Waals surface area contributed by atoms with Crippen molar-refractivity contribution in [2.45, 2.75) is 26.1 Å². The lowest BCUT2D eigenvalue weighted by Gasteiger charge is -2.33. The molecule has 0 aliphatic carbocycles. The van der Waals surface area contributed by atoms with Crippen LogP contribution in [0.2, 0.25) is 5.02 Å². The van der Waals surface area contributed by atoms with Crippen molar-refractivity contribution in [1.29, 1.82) is 5.26 Å². The third-order valence-electron chi connectivity index (χ3n) is 4.21. The largest absolute Gasteiger partial charge is 0.371 e. The van der Waals surface area contributed by atoms with Gasteiger partial charge < -0.3 is 9.30 Å². The van der Waals surface area contributed by atoms with Gasteiger partial charge in [-0.3, -0.25) is 4.90 Å². The van der Waals surface area contributed by atoms with Gasteiger partial charge in [0.2, 0.25) is 0 Å². The van der Waals surface area contributed by atoms with Crippen LogP contribution in [0.3, 0.4) is 0 Å². The van der Waals surface area contributed by atoms with Gasteiger partial charge in [-0.25, -0.2) is 0 Å². The zero-order chi connectivity index (χ0) is 16.2. The van der Waals surface area contributed by atoms with E-state index >= 15 is 0 Å². The highest BCUT2D eigenvalue weighted by molar-refractivity contribution is 6.30. The van der Waals surface area contributed by atoms with E-state index in [1.54, 1.807) is 0 Å². The molecule has 0 unspecified atom stereocenters. The fraction of sp³-hybridized carbons (Fsp3) is 0.389. The Morgan fingerprint density at radius 2 is 2.13 bits per heavy atom. The van der Waals surface area contributed by atoms with Crippen LogP contribution in [-0.2, 0) is 17.8 Å².